The molecular formula is C21H21Cl3N3P3. The molecule has 0 amide bonds. The lowest BCUT2D eigenvalue weighted by molar-refractivity contribution is 1.59. The predicted octanol–water partition coefficient (Wildman–Crippen LogP) is 7.91. The van der Waals surface area contributed by atoms with Crippen LogP contribution < -0.4 is 15.9 Å². The maximum atomic E-state index is 6.68. The van der Waals surface area contributed by atoms with Crippen LogP contribution in [0.5, 0.6) is 0 Å². The fraction of sp³-hybridized carbons (Fsp3) is 0.143. The van der Waals surface area contributed by atoms with Crippen LogP contribution >= 0.6 is 56.4 Å². The normalized spacial score (nSPS) is 28.1. The van der Waals surface area contributed by atoms with E-state index in [2.05, 4.69) is 36.4 Å². The summed E-state index contributed by atoms with van der Waals surface area (Å²) in [7, 11) is -7.44. The number of nitrogens with zero attached hydrogens (tertiary/aromatic N) is 3. The highest BCUT2D eigenvalue weighted by molar-refractivity contribution is 7.95. The third-order valence-corrected chi connectivity index (χ3v) is 19.4. The van der Waals surface area contributed by atoms with Gasteiger partial charge in [0.25, 0.3) is 0 Å². The van der Waals surface area contributed by atoms with E-state index in [1.54, 1.807) is 0 Å². The fourth-order valence-electron chi connectivity index (χ4n) is 3.45. The summed E-state index contributed by atoms with van der Waals surface area (Å²) in [6.07, 6.45) is 0. The van der Waals surface area contributed by atoms with E-state index in [0.29, 0.717) is 16.9 Å². The summed E-state index contributed by atoms with van der Waals surface area (Å²) in [6, 6.07) is 30.4. The molecule has 0 saturated carbocycles. The lowest BCUT2D eigenvalue weighted by Crippen LogP contribution is -2.14. The molecular weight excluding hydrogens is 494 g/mol. The molecule has 0 bridgehead atoms. The van der Waals surface area contributed by atoms with Crippen molar-refractivity contribution in [1.82, 2.24) is 0 Å². The molecule has 1 heterocycles. The lowest BCUT2D eigenvalue weighted by Gasteiger charge is -2.35. The van der Waals surface area contributed by atoms with Gasteiger partial charge in [0.15, 0.2) is 0 Å². The molecule has 0 atom stereocenters. The van der Waals surface area contributed by atoms with Crippen molar-refractivity contribution < 1.29 is 0 Å². The van der Waals surface area contributed by atoms with Gasteiger partial charge in [0, 0.05) is 15.9 Å². The van der Waals surface area contributed by atoms with Crippen LogP contribution in [0.1, 0.15) is 0 Å². The Bertz CT molecular complexity index is 1020. The number of halogens is 3. The van der Waals surface area contributed by atoms with Crippen molar-refractivity contribution in [2.24, 2.45) is 13.5 Å². The third-order valence-electron chi connectivity index (χ3n) is 4.90. The second-order valence-electron chi connectivity index (χ2n) is 6.82. The van der Waals surface area contributed by atoms with Gasteiger partial charge in [0.2, 0.25) is 0 Å². The first-order chi connectivity index (χ1) is 14.6. The highest BCUT2D eigenvalue weighted by Gasteiger charge is 2.38. The maximum Gasteiger partial charge on any atom is 0.123 e. The van der Waals surface area contributed by atoms with Gasteiger partial charge in [-0.1, -0.05) is 91.0 Å². The molecule has 0 saturated heterocycles. The van der Waals surface area contributed by atoms with Gasteiger partial charge in [0.05, 0.1) is 16.9 Å². The van der Waals surface area contributed by atoms with E-state index in [1.165, 1.54) is 0 Å². The standard InChI is InChI=1S/C21H21Cl3N3P3/c22-16-28(19-10-4-1-5-11-19)25-29(17-23,20-12-6-2-7-13-20)27-30(18-24,26-28)21-14-8-3-9-15-21/h1-15H,16-18H2. The van der Waals surface area contributed by atoms with Gasteiger partial charge in [-0.15, -0.1) is 34.8 Å². The third kappa shape index (κ3) is 4.02. The molecule has 9 heteroatoms. The van der Waals surface area contributed by atoms with Crippen molar-refractivity contribution in [3.63, 3.8) is 0 Å². The summed E-state index contributed by atoms with van der Waals surface area (Å²) >= 11 is 20.1. The van der Waals surface area contributed by atoms with Crippen LogP contribution in [-0.4, -0.2) is 16.9 Å². The van der Waals surface area contributed by atoms with E-state index >= 15 is 0 Å². The van der Waals surface area contributed by atoms with E-state index in [9.17, 15) is 0 Å². The quantitative estimate of drug-likeness (QED) is 0.237. The summed E-state index contributed by atoms with van der Waals surface area (Å²) in [6.45, 7) is 0. The number of rotatable bonds is 6. The lowest BCUT2D eigenvalue weighted by atomic mass is 10.4. The van der Waals surface area contributed by atoms with Crippen molar-refractivity contribution in [2.75, 3.05) is 16.9 Å². The molecule has 4 rings (SSSR count). The smallest absolute Gasteiger partial charge is 0.123 e. The van der Waals surface area contributed by atoms with Gasteiger partial charge in [-0.2, -0.15) is 0 Å². The molecule has 3 nitrogen and oxygen atoms in total. The summed E-state index contributed by atoms with van der Waals surface area (Å²) < 4.78 is 16.2. The van der Waals surface area contributed by atoms with Crippen molar-refractivity contribution in [1.29, 1.82) is 0 Å². The molecule has 0 radical (unpaired) electrons. The SMILES string of the molecule is ClCP1(c2ccccc2)=NP(CCl)(c2ccccc2)=NP(CCl)(c2ccccc2)=N1. The molecule has 0 N–H and O–H groups in total. The molecule has 0 unspecified atom stereocenters. The van der Waals surface area contributed by atoms with Gasteiger partial charge in [0.1, 0.15) is 21.6 Å². The minimum Gasteiger partial charge on any atom is -0.229 e. The zero-order chi connectivity index (χ0) is 21.1. The first kappa shape index (κ1) is 22.4. The van der Waals surface area contributed by atoms with Crippen LogP contribution in [0.15, 0.2) is 105 Å². The van der Waals surface area contributed by atoms with E-state index in [0.717, 1.165) is 15.9 Å². The number of benzene rings is 3. The van der Waals surface area contributed by atoms with E-state index in [4.69, 9.17) is 48.3 Å². The van der Waals surface area contributed by atoms with Crippen molar-refractivity contribution in [3.05, 3.63) is 91.0 Å². The molecule has 156 valence electrons. The predicted molar refractivity (Wildman–Crippen MR) is 138 cm³/mol. The molecule has 30 heavy (non-hydrogen) atoms. The minimum atomic E-state index is -2.48. The molecule has 0 fully saturated rings. The fourth-order valence-corrected chi connectivity index (χ4v) is 20.5. The van der Waals surface area contributed by atoms with Crippen LogP contribution in [0, 0.1) is 0 Å². The zero-order valence-corrected chi connectivity index (χ0v) is 21.0. The van der Waals surface area contributed by atoms with Crippen molar-refractivity contribution in [2.45, 2.75) is 0 Å². The largest absolute Gasteiger partial charge is 0.229 e. The van der Waals surface area contributed by atoms with Crippen LogP contribution in [0.3, 0.4) is 0 Å². The van der Waals surface area contributed by atoms with Gasteiger partial charge in [-0.3, -0.25) is 0 Å². The van der Waals surface area contributed by atoms with Crippen LogP contribution in [0.2, 0.25) is 0 Å². The Kier molecular flexibility index (Phi) is 7.01. The van der Waals surface area contributed by atoms with Gasteiger partial charge in [-0.25, -0.2) is 13.5 Å². The summed E-state index contributed by atoms with van der Waals surface area (Å²) in [5.41, 5.74) is 0.927. The molecule has 0 aromatic heterocycles. The number of hydrogen-bond donors (Lipinski definition) is 0. The Morgan fingerprint density at radius 1 is 0.433 bits per heavy atom. The Morgan fingerprint density at radius 3 is 0.867 bits per heavy atom. The van der Waals surface area contributed by atoms with Gasteiger partial charge >= 0.3 is 0 Å². The molecule has 0 aliphatic carbocycles. The second kappa shape index (κ2) is 9.38. The number of alkyl halides is 3. The molecule has 1 aliphatic heterocycles. The summed E-state index contributed by atoms with van der Waals surface area (Å²) in [4.78, 5) is 0. The van der Waals surface area contributed by atoms with Gasteiger partial charge in [-0.05, 0) is 0 Å². The Balaban J connectivity index is 2.17. The first-order valence-electron chi connectivity index (χ1n) is 9.35. The summed E-state index contributed by atoms with van der Waals surface area (Å²) in [5, 5.41) is 3.14. The monoisotopic (exact) mass is 513 g/mol. The average molecular weight is 515 g/mol. The molecule has 1 aliphatic rings. The Morgan fingerprint density at radius 2 is 0.667 bits per heavy atom. The van der Waals surface area contributed by atoms with Crippen LogP contribution in [-0.2, 0) is 0 Å². The molecule has 0 spiro atoms. The van der Waals surface area contributed by atoms with E-state index < -0.39 is 21.6 Å². The summed E-state index contributed by atoms with van der Waals surface area (Å²) in [5.74, 6) is 0. The Labute approximate surface area is 193 Å². The van der Waals surface area contributed by atoms with Gasteiger partial charge < -0.3 is 0 Å². The van der Waals surface area contributed by atoms with E-state index in [1.807, 2.05) is 54.6 Å². The highest BCUT2D eigenvalue weighted by atomic mass is 35.5. The minimum absolute atomic E-state index is 0.309. The Hall–Kier alpha value is -0.780. The van der Waals surface area contributed by atoms with Crippen molar-refractivity contribution >= 4 is 72.3 Å². The van der Waals surface area contributed by atoms with Crippen LogP contribution in [0.4, 0.5) is 0 Å². The zero-order valence-electron chi connectivity index (χ0n) is 16.1. The molecule has 3 aromatic rings. The van der Waals surface area contributed by atoms with Crippen molar-refractivity contribution in [3.8, 4) is 0 Å². The maximum absolute atomic E-state index is 6.68. The second-order valence-corrected chi connectivity index (χ2v) is 17.8. The van der Waals surface area contributed by atoms with Crippen LogP contribution in [0.25, 0.3) is 0 Å². The van der Waals surface area contributed by atoms with E-state index in [-0.39, 0.29) is 0 Å². The number of hydrogen-bond acceptors (Lipinski definition) is 3. The highest BCUT2D eigenvalue weighted by Crippen LogP contribution is 2.77. The topological polar surface area (TPSA) is 37.1 Å². The average Bonchev–Trinajstić information content (AvgIpc) is 2.85. The molecule has 3 aromatic carbocycles. The first-order valence-corrected chi connectivity index (χ1v) is 16.6.